The standard InChI is InChI=1S/C12H23N5O/c1-3-4-5-10(13)11-14-12(15-18-11)17-8-6-16(2)7-9-17/h10H,3-9,13H2,1-2H3. The number of aromatic nitrogens is 2. The average molecular weight is 253 g/mol. The molecule has 6 heteroatoms. The van der Waals surface area contributed by atoms with Gasteiger partial charge >= 0.3 is 0 Å². The summed E-state index contributed by atoms with van der Waals surface area (Å²) in [6.07, 6.45) is 3.13. The van der Waals surface area contributed by atoms with Crippen molar-refractivity contribution in [2.75, 3.05) is 38.1 Å². The molecule has 0 aliphatic carbocycles. The lowest BCUT2D eigenvalue weighted by molar-refractivity contribution is 0.307. The molecule has 1 aliphatic rings. The summed E-state index contributed by atoms with van der Waals surface area (Å²) in [6, 6.07) is -0.126. The molecule has 102 valence electrons. The predicted octanol–water partition coefficient (Wildman–Crippen LogP) is 1.01. The molecule has 1 saturated heterocycles. The Hall–Kier alpha value is -1.14. The van der Waals surface area contributed by atoms with Crippen LogP contribution in [0.2, 0.25) is 0 Å². The quantitative estimate of drug-likeness (QED) is 0.844. The topological polar surface area (TPSA) is 71.4 Å². The van der Waals surface area contributed by atoms with Gasteiger partial charge < -0.3 is 20.1 Å². The Labute approximate surface area is 108 Å². The Balaban J connectivity index is 1.93. The molecule has 18 heavy (non-hydrogen) atoms. The molecule has 0 spiro atoms. The Kier molecular flexibility index (Phi) is 4.54. The van der Waals surface area contributed by atoms with Crippen LogP contribution in [0.5, 0.6) is 0 Å². The lowest BCUT2D eigenvalue weighted by Crippen LogP contribution is -2.44. The summed E-state index contributed by atoms with van der Waals surface area (Å²) in [5.74, 6) is 1.25. The Morgan fingerprint density at radius 2 is 2.06 bits per heavy atom. The molecule has 2 rings (SSSR count). The van der Waals surface area contributed by atoms with Gasteiger partial charge in [-0.2, -0.15) is 4.98 Å². The first kappa shape index (κ1) is 13.3. The molecule has 2 heterocycles. The van der Waals surface area contributed by atoms with Gasteiger partial charge in [0.15, 0.2) is 0 Å². The highest BCUT2D eigenvalue weighted by atomic mass is 16.5. The second kappa shape index (κ2) is 6.15. The van der Waals surface area contributed by atoms with Crippen molar-refractivity contribution >= 4 is 5.95 Å². The van der Waals surface area contributed by atoms with Crippen LogP contribution in [0.25, 0.3) is 0 Å². The van der Waals surface area contributed by atoms with Crippen molar-refractivity contribution in [3.8, 4) is 0 Å². The highest BCUT2D eigenvalue weighted by Gasteiger charge is 2.21. The average Bonchev–Trinajstić information content (AvgIpc) is 2.86. The van der Waals surface area contributed by atoms with E-state index in [1.807, 2.05) is 0 Å². The lowest BCUT2D eigenvalue weighted by Gasteiger charge is -2.31. The molecule has 0 aromatic carbocycles. The Bertz CT molecular complexity index is 359. The molecule has 6 nitrogen and oxygen atoms in total. The van der Waals surface area contributed by atoms with E-state index in [-0.39, 0.29) is 6.04 Å². The van der Waals surface area contributed by atoms with Crippen molar-refractivity contribution in [2.45, 2.75) is 32.2 Å². The summed E-state index contributed by atoms with van der Waals surface area (Å²) < 4.78 is 5.26. The molecule has 1 aromatic rings. The Morgan fingerprint density at radius 1 is 1.33 bits per heavy atom. The molecule has 0 saturated carbocycles. The molecule has 0 radical (unpaired) electrons. The van der Waals surface area contributed by atoms with Crippen LogP contribution in [0.4, 0.5) is 5.95 Å². The fourth-order valence-corrected chi connectivity index (χ4v) is 2.06. The van der Waals surface area contributed by atoms with Gasteiger partial charge in [-0.1, -0.05) is 19.8 Å². The van der Waals surface area contributed by atoms with Gasteiger partial charge in [-0.3, -0.25) is 0 Å². The van der Waals surface area contributed by atoms with Gasteiger partial charge in [-0.05, 0) is 18.6 Å². The van der Waals surface area contributed by atoms with Crippen molar-refractivity contribution in [1.29, 1.82) is 0 Å². The molecule has 1 unspecified atom stereocenters. The highest BCUT2D eigenvalue weighted by Crippen LogP contribution is 2.18. The smallest absolute Gasteiger partial charge is 0.266 e. The van der Waals surface area contributed by atoms with Gasteiger partial charge in [0, 0.05) is 26.2 Å². The summed E-state index contributed by atoms with van der Waals surface area (Å²) in [5, 5.41) is 4.04. The van der Waals surface area contributed by atoms with Crippen LogP contribution >= 0.6 is 0 Å². The predicted molar refractivity (Wildman–Crippen MR) is 70.5 cm³/mol. The maximum absolute atomic E-state index is 6.02. The normalized spacial score (nSPS) is 19.2. The molecule has 1 aliphatic heterocycles. The number of piperazine rings is 1. The molecule has 0 amide bonds. The number of nitrogens with two attached hydrogens (primary N) is 1. The zero-order valence-electron chi connectivity index (χ0n) is 11.3. The van der Waals surface area contributed by atoms with Crippen LogP contribution in [0.1, 0.15) is 38.1 Å². The minimum atomic E-state index is -0.126. The third-order valence-corrected chi connectivity index (χ3v) is 3.40. The van der Waals surface area contributed by atoms with Crippen LogP contribution < -0.4 is 10.6 Å². The first-order valence-electron chi connectivity index (χ1n) is 6.73. The van der Waals surface area contributed by atoms with Crippen molar-refractivity contribution < 1.29 is 4.52 Å². The zero-order valence-corrected chi connectivity index (χ0v) is 11.3. The van der Waals surface area contributed by atoms with Gasteiger partial charge in [0.05, 0.1) is 6.04 Å². The van der Waals surface area contributed by atoms with E-state index >= 15 is 0 Å². The van der Waals surface area contributed by atoms with Crippen molar-refractivity contribution in [3.05, 3.63) is 5.89 Å². The SMILES string of the molecule is CCCCC(N)c1nc(N2CCN(C)CC2)no1. The Morgan fingerprint density at radius 3 is 2.72 bits per heavy atom. The van der Waals surface area contributed by atoms with Crippen molar-refractivity contribution in [2.24, 2.45) is 5.73 Å². The second-order valence-electron chi connectivity index (χ2n) is 4.97. The molecule has 1 aromatic heterocycles. The third-order valence-electron chi connectivity index (χ3n) is 3.40. The second-order valence-corrected chi connectivity index (χ2v) is 4.97. The number of unbranched alkanes of at least 4 members (excludes halogenated alkanes) is 1. The number of anilines is 1. The first-order chi connectivity index (χ1) is 8.70. The number of rotatable bonds is 5. The summed E-state index contributed by atoms with van der Waals surface area (Å²) in [4.78, 5) is 8.86. The highest BCUT2D eigenvalue weighted by molar-refractivity contribution is 5.28. The van der Waals surface area contributed by atoms with Gasteiger partial charge in [0.1, 0.15) is 0 Å². The summed E-state index contributed by atoms with van der Waals surface area (Å²) in [5.41, 5.74) is 6.02. The fraction of sp³-hybridized carbons (Fsp3) is 0.833. The van der Waals surface area contributed by atoms with Crippen LogP contribution in [0.15, 0.2) is 4.52 Å². The molecule has 0 bridgehead atoms. The maximum atomic E-state index is 6.02. The van der Waals surface area contributed by atoms with E-state index in [4.69, 9.17) is 10.3 Å². The van der Waals surface area contributed by atoms with Crippen molar-refractivity contribution in [3.63, 3.8) is 0 Å². The summed E-state index contributed by atoms with van der Waals surface area (Å²) in [7, 11) is 2.12. The third kappa shape index (κ3) is 3.20. The van der Waals surface area contributed by atoms with E-state index < -0.39 is 0 Å². The van der Waals surface area contributed by atoms with Gasteiger partial charge in [0.25, 0.3) is 5.95 Å². The van der Waals surface area contributed by atoms with Crippen LogP contribution in [-0.4, -0.2) is 48.3 Å². The van der Waals surface area contributed by atoms with Crippen LogP contribution in [0.3, 0.4) is 0 Å². The van der Waals surface area contributed by atoms with Crippen LogP contribution in [0, 0.1) is 0 Å². The number of likely N-dealkylation sites (N-methyl/N-ethyl adjacent to an activating group) is 1. The van der Waals surface area contributed by atoms with Gasteiger partial charge in [0.2, 0.25) is 5.89 Å². The van der Waals surface area contributed by atoms with E-state index in [0.29, 0.717) is 11.8 Å². The monoisotopic (exact) mass is 253 g/mol. The molecule has 1 fully saturated rings. The van der Waals surface area contributed by atoms with E-state index in [1.165, 1.54) is 0 Å². The zero-order chi connectivity index (χ0) is 13.0. The first-order valence-corrected chi connectivity index (χ1v) is 6.73. The fourth-order valence-electron chi connectivity index (χ4n) is 2.06. The molecular weight excluding hydrogens is 230 g/mol. The van der Waals surface area contributed by atoms with Crippen LogP contribution in [-0.2, 0) is 0 Å². The molecule has 2 N–H and O–H groups in total. The van der Waals surface area contributed by atoms with E-state index in [2.05, 4.69) is 33.9 Å². The van der Waals surface area contributed by atoms with E-state index in [0.717, 1.165) is 45.4 Å². The van der Waals surface area contributed by atoms with Gasteiger partial charge in [-0.25, -0.2) is 0 Å². The van der Waals surface area contributed by atoms with E-state index in [1.54, 1.807) is 0 Å². The van der Waals surface area contributed by atoms with E-state index in [9.17, 15) is 0 Å². The number of nitrogens with zero attached hydrogens (tertiary/aromatic N) is 4. The summed E-state index contributed by atoms with van der Waals surface area (Å²) >= 11 is 0. The largest absolute Gasteiger partial charge is 0.336 e. The maximum Gasteiger partial charge on any atom is 0.266 e. The summed E-state index contributed by atoms with van der Waals surface area (Å²) in [6.45, 7) is 6.10. The minimum absolute atomic E-state index is 0.126. The lowest BCUT2D eigenvalue weighted by atomic mass is 10.1. The number of hydrogen-bond donors (Lipinski definition) is 1. The molecular formula is C12H23N5O. The number of hydrogen-bond acceptors (Lipinski definition) is 6. The van der Waals surface area contributed by atoms with Crippen molar-refractivity contribution in [1.82, 2.24) is 15.0 Å². The minimum Gasteiger partial charge on any atom is -0.336 e. The van der Waals surface area contributed by atoms with Gasteiger partial charge in [-0.15, -0.1) is 0 Å². The molecule has 1 atom stereocenters.